The molecule has 6 nitrogen and oxygen atoms in total. The third-order valence-corrected chi connectivity index (χ3v) is 5.65. The van der Waals surface area contributed by atoms with Crippen molar-refractivity contribution in [2.75, 3.05) is 0 Å². The average Bonchev–Trinajstić information content (AvgIpc) is 3.42. The predicted molar refractivity (Wildman–Crippen MR) is 122 cm³/mol. The molecular weight excluding hydrogens is 403 g/mol. The lowest BCUT2D eigenvalue weighted by Gasteiger charge is -2.04. The zero-order valence-electron chi connectivity index (χ0n) is 17.1. The number of fused-ring (bicyclic) bond motifs is 2. The molecule has 32 heavy (non-hydrogen) atoms. The highest BCUT2D eigenvalue weighted by molar-refractivity contribution is 5.99. The van der Waals surface area contributed by atoms with Gasteiger partial charge in [0, 0.05) is 29.5 Å². The van der Waals surface area contributed by atoms with Crippen molar-refractivity contribution in [3.63, 3.8) is 0 Å². The molecule has 0 fully saturated rings. The van der Waals surface area contributed by atoms with Crippen LogP contribution in [0.1, 0.15) is 5.56 Å². The molecule has 0 bridgehead atoms. The Labute approximate surface area is 182 Å². The normalized spacial score (nSPS) is 11.4. The molecule has 154 valence electrons. The Kier molecular flexibility index (Phi) is 4.07. The maximum absolute atomic E-state index is 13.8. The lowest BCUT2D eigenvalue weighted by atomic mass is 10.0. The average molecular weight is 420 g/mol. The highest BCUT2D eigenvalue weighted by Gasteiger charge is 2.16. The molecule has 0 spiro atoms. The second kappa shape index (κ2) is 7.09. The molecule has 5 heterocycles. The van der Waals surface area contributed by atoms with E-state index < -0.39 is 0 Å². The molecule has 0 unspecified atom stereocenters. The van der Waals surface area contributed by atoms with Crippen LogP contribution in [-0.4, -0.2) is 30.1 Å². The number of H-pyrrole nitrogens is 2. The molecule has 0 aliphatic heterocycles. The Morgan fingerprint density at radius 1 is 0.938 bits per heavy atom. The molecule has 1 aromatic carbocycles. The van der Waals surface area contributed by atoms with E-state index in [-0.39, 0.29) is 5.82 Å². The van der Waals surface area contributed by atoms with E-state index in [0.29, 0.717) is 11.3 Å². The largest absolute Gasteiger partial charge is 0.338 e. The van der Waals surface area contributed by atoms with Gasteiger partial charge in [-0.25, -0.2) is 14.4 Å². The number of pyridine rings is 3. The molecule has 0 saturated carbocycles. The smallest absolute Gasteiger partial charge is 0.138 e. The lowest BCUT2D eigenvalue weighted by Crippen LogP contribution is -1.89. The van der Waals surface area contributed by atoms with E-state index in [9.17, 15) is 4.39 Å². The highest BCUT2D eigenvalue weighted by Crippen LogP contribution is 2.33. The Morgan fingerprint density at radius 3 is 2.75 bits per heavy atom. The van der Waals surface area contributed by atoms with E-state index >= 15 is 0 Å². The van der Waals surface area contributed by atoms with Gasteiger partial charge in [0.25, 0.3) is 0 Å². The summed E-state index contributed by atoms with van der Waals surface area (Å²) in [5.41, 5.74) is 8.39. The molecule has 7 heteroatoms. The quantitative estimate of drug-likeness (QED) is 0.386. The topological polar surface area (TPSA) is 83.1 Å². The number of nitrogens with one attached hydrogen (secondary N) is 2. The standard InChI is InChI=1S/C25H17FN6/c1-14-7-9-27-13-19(14)20-5-6-21-23(29-20)24(32-31-21)22-12-18-17(8-10-28-25(18)30-22)15-3-2-4-16(26)11-15/h2-13H,1H3,(H,28,30)(H,31,32). The van der Waals surface area contributed by atoms with Crippen molar-refractivity contribution in [3.8, 4) is 33.8 Å². The van der Waals surface area contributed by atoms with Crippen molar-refractivity contribution in [2.24, 2.45) is 0 Å². The Balaban J connectivity index is 1.52. The molecule has 0 aliphatic carbocycles. The van der Waals surface area contributed by atoms with Gasteiger partial charge >= 0.3 is 0 Å². The fourth-order valence-corrected chi connectivity index (χ4v) is 4.03. The van der Waals surface area contributed by atoms with Crippen LogP contribution in [-0.2, 0) is 0 Å². The van der Waals surface area contributed by atoms with E-state index in [0.717, 1.165) is 50.1 Å². The molecule has 0 atom stereocenters. The van der Waals surface area contributed by atoms with E-state index in [2.05, 4.69) is 25.1 Å². The maximum Gasteiger partial charge on any atom is 0.138 e. The van der Waals surface area contributed by atoms with Crippen LogP contribution in [0, 0.1) is 12.7 Å². The van der Waals surface area contributed by atoms with Crippen molar-refractivity contribution >= 4 is 22.1 Å². The minimum absolute atomic E-state index is 0.274. The summed E-state index contributed by atoms with van der Waals surface area (Å²) < 4.78 is 13.8. The molecule has 6 rings (SSSR count). The summed E-state index contributed by atoms with van der Waals surface area (Å²) in [5, 5.41) is 8.46. The first-order valence-electron chi connectivity index (χ1n) is 10.2. The van der Waals surface area contributed by atoms with Crippen LogP contribution >= 0.6 is 0 Å². The van der Waals surface area contributed by atoms with E-state index in [1.807, 2.05) is 49.5 Å². The summed E-state index contributed by atoms with van der Waals surface area (Å²) in [6.07, 6.45) is 5.31. The summed E-state index contributed by atoms with van der Waals surface area (Å²) in [5.74, 6) is -0.274. The maximum atomic E-state index is 13.8. The van der Waals surface area contributed by atoms with E-state index in [4.69, 9.17) is 4.98 Å². The molecule has 0 aliphatic rings. The molecule has 2 N–H and O–H groups in total. The van der Waals surface area contributed by atoms with Crippen molar-refractivity contribution in [1.29, 1.82) is 0 Å². The highest BCUT2D eigenvalue weighted by atomic mass is 19.1. The van der Waals surface area contributed by atoms with Gasteiger partial charge in [0.2, 0.25) is 0 Å². The molecule has 0 radical (unpaired) electrons. The molecule has 5 aromatic heterocycles. The fourth-order valence-electron chi connectivity index (χ4n) is 4.03. The van der Waals surface area contributed by atoms with E-state index in [1.54, 1.807) is 18.5 Å². The number of aromatic amines is 2. The minimum atomic E-state index is -0.274. The van der Waals surface area contributed by atoms with Crippen LogP contribution in [0.5, 0.6) is 0 Å². The van der Waals surface area contributed by atoms with Crippen molar-refractivity contribution in [1.82, 2.24) is 30.1 Å². The minimum Gasteiger partial charge on any atom is -0.338 e. The van der Waals surface area contributed by atoms with Crippen LogP contribution in [0.15, 0.2) is 73.2 Å². The zero-order valence-corrected chi connectivity index (χ0v) is 17.1. The summed E-state index contributed by atoms with van der Waals surface area (Å²) in [6, 6.07) is 16.3. The van der Waals surface area contributed by atoms with Gasteiger partial charge < -0.3 is 4.98 Å². The third-order valence-electron chi connectivity index (χ3n) is 5.65. The first-order chi connectivity index (χ1) is 15.7. The molecule has 0 amide bonds. The number of hydrogen-bond donors (Lipinski definition) is 2. The van der Waals surface area contributed by atoms with Gasteiger partial charge in [-0.1, -0.05) is 12.1 Å². The third kappa shape index (κ3) is 2.94. The lowest BCUT2D eigenvalue weighted by molar-refractivity contribution is 0.628. The Bertz CT molecular complexity index is 1610. The van der Waals surface area contributed by atoms with Crippen molar-refractivity contribution in [2.45, 2.75) is 6.92 Å². The van der Waals surface area contributed by atoms with E-state index in [1.165, 1.54) is 12.1 Å². The second-order valence-electron chi connectivity index (χ2n) is 7.67. The van der Waals surface area contributed by atoms with Crippen LogP contribution in [0.25, 0.3) is 55.8 Å². The summed E-state index contributed by atoms with van der Waals surface area (Å²) in [7, 11) is 0. The van der Waals surface area contributed by atoms with Gasteiger partial charge in [-0.3, -0.25) is 10.1 Å². The van der Waals surface area contributed by atoms with Crippen LogP contribution in [0.4, 0.5) is 4.39 Å². The molecule has 6 aromatic rings. The van der Waals surface area contributed by atoms with Gasteiger partial charge in [-0.15, -0.1) is 0 Å². The fraction of sp³-hybridized carbons (Fsp3) is 0.0400. The number of hydrogen-bond acceptors (Lipinski definition) is 4. The number of aromatic nitrogens is 6. The summed E-state index contributed by atoms with van der Waals surface area (Å²) in [6.45, 7) is 2.04. The first-order valence-corrected chi connectivity index (χ1v) is 10.2. The zero-order chi connectivity index (χ0) is 21.7. The summed E-state index contributed by atoms with van der Waals surface area (Å²) in [4.78, 5) is 16.9. The van der Waals surface area contributed by atoms with Crippen molar-refractivity contribution < 1.29 is 4.39 Å². The van der Waals surface area contributed by atoms with Crippen LogP contribution in [0.3, 0.4) is 0 Å². The number of benzene rings is 1. The monoisotopic (exact) mass is 420 g/mol. The van der Waals surface area contributed by atoms with Gasteiger partial charge in [0.15, 0.2) is 0 Å². The van der Waals surface area contributed by atoms with Gasteiger partial charge in [0.05, 0.1) is 16.9 Å². The van der Waals surface area contributed by atoms with Gasteiger partial charge in [-0.2, -0.15) is 5.10 Å². The summed E-state index contributed by atoms with van der Waals surface area (Å²) >= 11 is 0. The second-order valence-corrected chi connectivity index (χ2v) is 7.67. The van der Waals surface area contributed by atoms with Gasteiger partial charge in [0.1, 0.15) is 22.7 Å². The molecule has 0 saturated heterocycles. The Hall–Kier alpha value is -4.39. The van der Waals surface area contributed by atoms with Crippen LogP contribution in [0.2, 0.25) is 0 Å². The number of aryl methyl sites for hydroxylation is 1. The number of nitrogens with zero attached hydrogens (tertiary/aromatic N) is 4. The van der Waals surface area contributed by atoms with Crippen LogP contribution < -0.4 is 0 Å². The van der Waals surface area contributed by atoms with Gasteiger partial charge in [-0.05, 0) is 66.1 Å². The SMILES string of the molecule is Cc1ccncc1-c1ccc2[nH]nc(-c3cc4c(-c5cccc(F)c5)ccnc4[nH]3)c2n1. The molecular formula is C25H17FN6. The predicted octanol–water partition coefficient (Wildman–Crippen LogP) is 5.68. The number of halogens is 1. The Morgan fingerprint density at radius 2 is 1.88 bits per heavy atom. The first kappa shape index (κ1) is 18.4. The van der Waals surface area contributed by atoms with Crippen molar-refractivity contribution in [3.05, 3.63) is 84.6 Å². The number of rotatable bonds is 3.